The number of hydrogen-bond donors (Lipinski definition) is 1. The van der Waals surface area contributed by atoms with Crippen LogP contribution < -0.4 is 10.1 Å². The van der Waals surface area contributed by atoms with Crippen molar-refractivity contribution in [2.45, 2.75) is 6.04 Å². The van der Waals surface area contributed by atoms with Gasteiger partial charge in [-0.1, -0.05) is 28.1 Å². The molecule has 0 fully saturated rings. The van der Waals surface area contributed by atoms with Gasteiger partial charge in [0, 0.05) is 10.0 Å². The van der Waals surface area contributed by atoms with E-state index in [0.717, 1.165) is 20.3 Å². The molecular weight excluding hydrogens is 389 g/mol. The van der Waals surface area contributed by atoms with Gasteiger partial charge in [0.1, 0.15) is 11.6 Å². The number of rotatable bonds is 4. The van der Waals surface area contributed by atoms with Crippen molar-refractivity contribution in [3.63, 3.8) is 0 Å². The molecule has 1 N–H and O–H groups in total. The molecule has 0 bridgehead atoms. The Balaban J connectivity index is 2.44. The van der Waals surface area contributed by atoms with Gasteiger partial charge in [-0.2, -0.15) is 0 Å². The van der Waals surface area contributed by atoms with Gasteiger partial charge in [-0.3, -0.25) is 0 Å². The van der Waals surface area contributed by atoms with Gasteiger partial charge >= 0.3 is 0 Å². The summed E-state index contributed by atoms with van der Waals surface area (Å²) < 4.78 is 20.9. The summed E-state index contributed by atoms with van der Waals surface area (Å²) in [6, 6.07) is 10.6. The molecule has 1 atom stereocenters. The van der Waals surface area contributed by atoms with Gasteiger partial charge in [0.05, 0.1) is 17.6 Å². The lowest BCUT2D eigenvalue weighted by Crippen LogP contribution is -2.19. The van der Waals surface area contributed by atoms with Gasteiger partial charge in [-0.25, -0.2) is 4.39 Å². The minimum Gasteiger partial charge on any atom is -0.496 e. The maximum Gasteiger partial charge on any atom is 0.133 e. The Morgan fingerprint density at radius 2 is 1.90 bits per heavy atom. The van der Waals surface area contributed by atoms with Crippen LogP contribution in [0.1, 0.15) is 17.2 Å². The predicted octanol–water partition coefficient (Wildman–Crippen LogP) is 4.67. The fourth-order valence-corrected chi connectivity index (χ4v) is 2.99. The molecule has 106 valence electrons. The molecule has 2 aromatic rings. The van der Waals surface area contributed by atoms with E-state index < -0.39 is 0 Å². The molecule has 2 rings (SSSR count). The second-order valence-electron chi connectivity index (χ2n) is 4.28. The molecule has 0 aliphatic carbocycles. The molecule has 0 amide bonds. The molecule has 0 aliphatic heterocycles. The molecule has 0 spiro atoms. The molecular formula is C15H14Br2FNO. The highest BCUT2D eigenvalue weighted by atomic mass is 79.9. The predicted molar refractivity (Wildman–Crippen MR) is 85.7 cm³/mol. The van der Waals surface area contributed by atoms with Crippen molar-refractivity contribution >= 4 is 31.9 Å². The molecule has 20 heavy (non-hydrogen) atoms. The van der Waals surface area contributed by atoms with Gasteiger partial charge in [-0.15, -0.1) is 0 Å². The summed E-state index contributed by atoms with van der Waals surface area (Å²) >= 11 is 6.72. The van der Waals surface area contributed by atoms with Crippen LogP contribution in [0.2, 0.25) is 0 Å². The summed E-state index contributed by atoms with van der Waals surface area (Å²) in [7, 11) is 3.42. The topological polar surface area (TPSA) is 21.3 Å². The van der Waals surface area contributed by atoms with Crippen molar-refractivity contribution in [2.75, 3.05) is 14.2 Å². The van der Waals surface area contributed by atoms with Gasteiger partial charge in [0.2, 0.25) is 0 Å². The van der Waals surface area contributed by atoms with E-state index in [0.29, 0.717) is 5.56 Å². The van der Waals surface area contributed by atoms with E-state index in [-0.39, 0.29) is 11.9 Å². The lowest BCUT2D eigenvalue weighted by atomic mass is 9.98. The number of methoxy groups -OCH3 is 1. The van der Waals surface area contributed by atoms with Crippen LogP contribution in [0.3, 0.4) is 0 Å². The average molecular weight is 403 g/mol. The molecule has 2 aromatic carbocycles. The van der Waals surface area contributed by atoms with Crippen molar-refractivity contribution in [1.82, 2.24) is 5.32 Å². The second-order valence-corrected chi connectivity index (χ2v) is 6.05. The number of ether oxygens (including phenoxy) is 1. The first-order valence-electron chi connectivity index (χ1n) is 6.02. The molecule has 0 saturated carbocycles. The van der Waals surface area contributed by atoms with Gasteiger partial charge in [0.15, 0.2) is 0 Å². The maximum atomic E-state index is 14.1. The average Bonchev–Trinajstić information content (AvgIpc) is 2.42. The van der Waals surface area contributed by atoms with Crippen LogP contribution in [0.4, 0.5) is 4.39 Å². The lowest BCUT2D eigenvalue weighted by Gasteiger charge is -2.19. The Kier molecular flexibility index (Phi) is 5.18. The summed E-state index contributed by atoms with van der Waals surface area (Å²) in [5, 5.41) is 3.14. The van der Waals surface area contributed by atoms with Gasteiger partial charge in [0.25, 0.3) is 0 Å². The van der Waals surface area contributed by atoms with Crippen LogP contribution in [0.5, 0.6) is 5.75 Å². The Bertz CT molecular complexity index is 619. The molecule has 0 aliphatic rings. The number of halogens is 3. The quantitative estimate of drug-likeness (QED) is 0.802. The second kappa shape index (κ2) is 6.70. The highest BCUT2D eigenvalue weighted by molar-refractivity contribution is 9.10. The molecule has 2 nitrogen and oxygen atoms in total. The van der Waals surface area contributed by atoms with Crippen LogP contribution in [0.15, 0.2) is 45.3 Å². The molecule has 0 radical (unpaired) electrons. The Hall–Kier alpha value is -0.910. The fourth-order valence-electron chi connectivity index (χ4n) is 2.10. The minimum absolute atomic E-state index is 0.217. The monoisotopic (exact) mass is 401 g/mol. The molecule has 5 heteroatoms. The van der Waals surface area contributed by atoms with E-state index in [1.165, 1.54) is 6.07 Å². The standard InChI is InChI=1S/C15H14Br2FNO/c1-19-15(11-5-4-10(16)8-13(11)18)9-3-6-14(20-2)12(17)7-9/h3-8,15,19H,1-2H3. The van der Waals surface area contributed by atoms with Crippen molar-refractivity contribution < 1.29 is 9.13 Å². The zero-order valence-electron chi connectivity index (χ0n) is 11.1. The summed E-state index contributed by atoms with van der Waals surface area (Å²) in [6.07, 6.45) is 0. The van der Waals surface area contributed by atoms with E-state index in [2.05, 4.69) is 37.2 Å². The highest BCUT2D eigenvalue weighted by Crippen LogP contribution is 2.32. The SMILES string of the molecule is CNC(c1ccc(OC)c(Br)c1)c1ccc(Br)cc1F. The first-order valence-corrected chi connectivity index (χ1v) is 7.61. The van der Waals surface area contributed by atoms with E-state index in [1.807, 2.05) is 31.3 Å². The summed E-state index contributed by atoms with van der Waals surface area (Å²) in [5.41, 5.74) is 1.56. The largest absolute Gasteiger partial charge is 0.496 e. The summed E-state index contributed by atoms with van der Waals surface area (Å²) in [6.45, 7) is 0. The van der Waals surface area contributed by atoms with E-state index >= 15 is 0 Å². The molecule has 0 saturated heterocycles. The Morgan fingerprint density at radius 3 is 2.45 bits per heavy atom. The van der Waals surface area contributed by atoms with E-state index in [1.54, 1.807) is 13.2 Å². The minimum atomic E-state index is -0.245. The zero-order valence-corrected chi connectivity index (χ0v) is 14.3. The highest BCUT2D eigenvalue weighted by Gasteiger charge is 2.17. The van der Waals surface area contributed by atoms with Crippen molar-refractivity contribution in [3.05, 3.63) is 62.3 Å². The number of nitrogens with one attached hydrogen (secondary N) is 1. The third kappa shape index (κ3) is 3.22. The van der Waals surface area contributed by atoms with Crippen LogP contribution in [0.25, 0.3) is 0 Å². The normalized spacial score (nSPS) is 12.2. The smallest absolute Gasteiger partial charge is 0.133 e. The third-order valence-electron chi connectivity index (χ3n) is 3.07. The van der Waals surface area contributed by atoms with Gasteiger partial charge in [-0.05, 0) is 52.8 Å². The number of benzene rings is 2. The van der Waals surface area contributed by atoms with Crippen LogP contribution >= 0.6 is 31.9 Å². The van der Waals surface area contributed by atoms with E-state index in [4.69, 9.17) is 4.74 Å². The van der Waals surface area contributed by atoms with Crippen LogP contribution in [-0.4, -0.2) is 14.2 Å². The lowest BCUT2D eigenvalue weighted by molar-refractivity contribution is 0.412. The summed E-state index contributed by atoms with van der Waals surface area (Å²) in [4.78, 5) is 0. The maximum absolute atomic E-state index is 14.1. The molecule has 0 aromatic heterocycles. The molecule has 1 unspecified atom stereocenters. The molecule has 0 heterocycles. The van der Waals surface area contributed by atoms with Gasteiger partial charge < -0.3 is 10.1 Å². The van der Waals surface area contributed by atoms with Crippen molar-refractivity contribution in [2.24, 2.45) is 0 Å². The summed E-state index contributed by atoms with van der Waals surface area (Å²) in [5.74, 6) is 0.505. The first-order chi connectivity index (χ1) is 9.56. The van der Waals surface area contributed by atoms with Crippen molar-refractivity contribution in [1.29, 1.82) is 0 Å². The van der Waals surface area contributed by atoms with Crippen LogP contribution in [0, 0.1) is 5.82 Å². The van der Waals surface area contributed by atoms with Crippen molar-refractivity contribution in [3.8, 4) is 5.75 Å². The van der Waals surface area contributed by atoms with Crippen LogP contribution in [-0.2, 0) is 0 Å². The fraction of sp³-hybridized carbons (Fsp3) is 0.200. The Labute approximate surface area is 134 Å². The number of hydrogen-bond acceptors (Lipinski definition) is 2. The Morgan fingerprint density at radius 1 is 1.15 bits per heavy atom. The third-order valence-corrected chi connectivity index (χ3v) is 4.18. The van der Waals surface area contributed by atoms with E-state index in [9.17, 15) is 4.39 Å². The zero-order chi connectivity index (χ0) is 14.7. The first kappa shape index (κ1) is 15.5.